The minimum absolute atomic E-state index is 0.161. The molecule has 0 spiro atoms. The third kappa shape index (κ3) is 2.98. The van der Waals surface area contributed by atoms with Crippen molar-refractivity contribution in [3.63, 3.8) is 0 Å². The highest BCUT2D eigenvalue weighted by molar-refractivity contribution is 7.21. The second-order valence-electron chi connectivity index (χ2n) is 5.52. The Bertz CT molecular complexity index is 986. The van der Waals surface area contributed by atoms with Crippen molar-refractivity contribution >= 4 is 38.7 Å². The Balaban J connectivity index is 1.84. The molecule has 0 amide bonds. The lowest BCUT2D eigenvalue weighted by atomic mass is 10.1. The van der Waals surface area contributed by atoms with E-state index in [9.17, 15) is 4.79 Å². The molecule has 2 aromatic carbocycles. The van der Waals surface area contributed by atoms with Gasteiger partial charge in [-0.25, -0.2) is 9.97 Å². The van der Waals surface area contributed by atoms with Gasteiger partial charge >= 0.3 is 0 Å². The fourth-order valence-corrected chi connectivity index (χ4v) is 4.33. The van der Waals surface area contributed by atoms with Gasteiger partial charge in [0.2, 0.25) is 5.78 Å². The van der Waals surface area contributed by atoms with Crippen LogP contribution in [0.1, 0.15) is 14.5 Å². The van der Waals surface area contributed by atoms with E-state index < -0.39 is 0 Å². The van der Waals surface area contributed by atoms with Gasteiger partial charge in [0.15, 0.2) is 10.3 Å². The zero-order valence-electron chi connectivity index (χ0n) is 13.5. The Hall–Kier alpha value is -3.03. The normalized spacial score (nSPS) is 10.8. The number of aromatic nitrogens is 2. The SMILES string of the molecule is Nc1nc(-c2ccccc2)c(C(=O)c2sc(N)nc2-c2ccccc2)s1. The Kier molecular flexibility index (Phi) is 4.24. The van der Waals surface area contributed by atoms with Crippen LogP contribution in [-0.2, 0) is 0 Å². The first kappa shape index (κ1) is 16.4. The highest BCUT2D eigenvalue weighted by Crippen LogP contribution is 2.36. The number of nitrogens with zero attached hydrogens (tertiary/aromatic N) is 2. The van der Waals surface area contributed by atoms with Crippen LogP contribution >= 0.6 is 22.7 Å². The molecule has 2 heterocycles. The smallest absolute Gasteiger partial charge is 0.217 e. The van der Waals surface area contributed by atoms with Crippen molar-refractivity contribution in [1.82, 2.24) is 9.97 Å². The molecule has 0 saturated carbocycles. The zero-order valence-corrected chi connectivity index (χ0v) is 15.2. The summed E-state index contributed by atoms with van der Waals surface area (Å²) in [5.41, 5.74) is 14.7. The Morgan fingerprint density at radius 1 is 0.692 bits per heavy atom. The lowest BCUT2D eigenvalue weighted by Gasteiger charge is -2.03. The van der Waals surface area contributed by atoms with Crippen molar-refractivity contribution in [2.45, 2.75) is 0 Å². The fraction of sp³-hybridized carbons (Fsp3) is 0. The Morgan fingerprint density at radius 3 is 1.46 bits per heavy atom. The van der Waals surface area contributed by atoms with Gasteiger partial charge in [0.25, 0.3) is 0 Å². The van der Waals surface area contributed by atoms with Crippen LogP contribution in [0, 0.1) is 0 Å². The summed E-state index contributed by atoms with van der Waals surface area (Å²) in [6.07, 6.45) is 0. The van der Waals surface area contributed by atoms with Crippen molar-refractivity contribution < 1.29 is 4.79 Å². The van der Waals surface area contributed by atoms with Gasteiger partial charge in [-0.2, -0.15) is 0 Å². The summed E-state index contributed by atoms with van der Waals surface area (Å²) in [7, 11) is 0. The van der Waals surface area contributed by atoms with Crippen LogP contribution in [0.5, 0.6) is 0 Å². The van der Waals surface area contributed by atoms with E-state index in [0.29, 0.717) is 31.4 Å². The first-order valence-corrected chi connectivity index (χ1v) is 9.45. The predicted molar refractivity (Wildman–Crippen MR) is 107 cm³/mol. The summed E-state index contributed by atoms with van der Waals surface area (Å²) < 4.78 is 0. The first-order valence-electron chi connectivity index (χ1n) is 7.81. The molecule has 5 nitrogen and oxygen atoms in total. The van der Waals surface area contributed by atoms with Crippen LogP contribution in [0.15, 0.2) is 60.7 Å². The second-order valence-corrected chi connectivity index (χ2v) is 7.58. The van der Waals surface area contributed by atoms with E-state index in [1.807, 2.05) is 60.7 Å². The molecule has 0 radical (unpaired) electrons. The predicted octanol–water partition coefficient (Wildman–Crippen LogP) is 4.33. The molecule has 4 aromatic rings. The maximum absolute atomic E-state index is 13.3. The number of hydrogen-bond acceptors (Lipinski definition) is 7. The summed E-state index contributed by atoms with van der Waals surface area (Å²) >= 11 is 2.36. The molecule has 0 aliphatic heterocycles. The third-order valence-corrected chi connectivity index (χ3v) is 5.56. The van der Waals surface area contributed by atoms with Gasteiger partial charge in [0.1, 0.15) is 9.75 Å². The van der Waals surface area contributed by atoms with Gasteiger partial charge in [0.05, 0.1) is 11.4 Å². The van der Waals surface area contributed by atoms with E-state index in [2.05, 4.69) is 9.97 Å². The third-order valence-electron chi connectivity index (χ3n) is 3.79. The maximum atomic E-state index is 13.3. The van der Waals surface area contributed by atoms with Crippen molar-refractivity contribution in [1.29, 1.82) is 0 Å². The molecule has 0 saturated heterocycles. The second kappa shape index (κ2) is 6.70. The fourth-order valence-electron chi connectivity index (χ4n) is 2.67. The number of hydrogen-bond donors (Lipinski definition) is 2. The molecule has 0 atom stereocenters. The molecule has 0 bridgehead atoms. The summed E-state index contributed by atoms with van der Waals surface area (Å²) in [4.78, 5) is 23.0. The molecule has 4 rings (SSSR count). The van der Waals surface area contributed by atoms with E-state index in [0.717, 1.165) is 11.1 Å². The van der Waals surface area contributed by atoms with Crippen LogP contribution in [0.3, 0.4) is 0 Å². The molecular formula is C19H14N4OS2. The lowest BCUT2D eigenvalue weighted by molar-refractivity contribution is 0.104. The first-order chi connectivity index (χ1) is 12.6. The van der Waals surface area contributed by atoms with Gasteiger partial charge in [-0.3, -0.25) is 4.79 Å². The molecule has 0 unspecified atom stereocenters. The molecule has 7 heteroatoms. The number of rotatable bonds is 4. The average Bonchev–Trinajstić information content (AvgIpc) is 3.25. The van der Waals surface area contributed by atoms with E-state index in [1.54, 1.807) is 0 Å². The molecule has 0 fully saturated rings. The van der Waals surface area contributed by atoms with Crippen LogP contribution in [0.25, 0.3) is 22.5 Å². The van der Waals surface area contributed by atoms with Gasteiger partial charge in [-0.05, 0) is 0 Å². The van der Waals surface area contributed by atoms with Gasteiger partial charge in [-0.1, -0.05) is 83.3 Å². The number of thiazole rings is 2. The monoisotopic (exact) mass is 378 g/mol. The number of anilines is 2. The average molecular weight is 378 g/mol. The Morgan fingerprint density at radius 2 is 1.08 bits per heavy atom. The van der Waals surface area contributed by atoms with Crippen molar-refractivity contribution in [2.24, 2.45) is 0 Å². The van der Waals surface area contributed by atoms with E-state index in [1.165, 1.54) is 22.7 Å². The van der Waals surface area contributed by atoms with Crippen LogP contribution in [0.4, 0.5) is 10.3 Å². The molecule has 2 aromatic heterocycles. The number of benzene rings is 2. The van der Waals surface area contributed by atoms with E-state index in [4.69, 9.17) is 11.5 Å². The maximum Gasteiger partial charge on any atom is 0.217 e. The summed E-state index contributed by atoms with van der Waals surface area (Å²) in [6, 6.07) is 19.1. The summed E-state index contributed by atoms with van der Waals surface area (Å²) in [6.45, 7) is 0. The molecule has 4 N–H and O–H groups in total. The largest absolute Gasteiger partial charge is 0.375 e. The minimum Gasteiger partial charge on any atom is -0.375 e. The highest BCUT2D eigenvalue weighted by atomic mass is 32.1. The van der Waals surface area contributed by atoms with Crippen molar-refractivity contribution in [3.8, 4) is 22.5 Å². The molecule has 128 valence electrons. The minimum atomic E-state index is -0.161. The standard InChI is InChI=1S/C19H14N4OS2/c20-18-22-13(11-7-3-1-4-8-11)16(25-18)15(24)17-14(23-19(21)26-17)12-9-5-2-6-10-12/h1-10H,(H2,20,22)(H2,21,23). The van der Waals surface area contributed by atoms with Gasteiger partial charge in [0, 0.05) is 11.1 Å². The molecule has 0 aliphatic carbocycles. The van der Waals surface area contributed by atoms with E-state index >= 15 is 0 Å². The zero-order chi connectivity index (χ0) is 18.1. The van der Waals surface area contributed by atoms with Crippen molar-refractivity contribution in [3.05, 3.63) is 70.4 Å². The quantitative estimate of drug-likeness (QED) is 0.515. The van der Waals surface area contributed by atoms with Crippen LogP contribution < -0.4 is 11.5 Å². The molecular weight excluding hydrogens is 364 g/mol. The molecule has 26 heavy (non-hydrogen) atoms. The highest BCUT2D eigenvalue weighted by Gasteiger charge is 2.25. The number of nitrogen functional groups attached to an aromatic ring is 2. The van der Waals surface area contributed by atoms with Crippen LogP contribution in [-0.4, -0.2) is 15.8 Å². The number of nitrogens with two attached hydrogens (primary N) is 2. The van der Waals surface area contributed by atoms with Gasteiger partial charge < -0.3 is 11.5 Å². The number of carbonyl (C=O) groups is 1. The van der Waals surface area contributed by atoms with Gasteiger partial charge in [-0.15, -0.1) is 0 Å². The summed E-state index contributed by atoms with van der Waals surface area (Å²) in [5.74, 6) is -0.161. The molecule has 0 aliphatic rings. The lowest BCUT2D eigenvalue weighted by Crippen LogP contribution is -2.00. The van der Waals surface area contributed by atoms with Crippen molar-refractivity contribution in [2.75, 3.05) is 11.5 Å². The Labute approximate surface area is 158 Å². The topological polar surface area (TPSA) is 94.9 Å². The number of carbonyl (C=O) groups excluding carboxylic acids is 1. The summed E-state index contributed by atoms with van der Waals surface area (Å²) in [5, 5.41) is 0.705. The van der Waals surface area contributed by atoms with E-state index in [-0.39, 0.29) is 5.78 Å². The van der Waals surface area contributed by atoms with Crippen LogP contribution in [0.2, 0.25) is 0 Å². The number of ketones is 1.